The summed E-state index contributed by atoms with van der Waals surface area (Å²) < 4.78 is 13.7. The van der Waals surface area contributed by atoms with Crippen LogP contribution in [0.15, 0.2) is 58.2 Å². The molecular formula is C14H11BrFNO. The summed E-state index contributed by atoms with van der Waals surface area (Å²) in [6, 6.07) is 13.9. The monoisotopic (exact) mass is 307 g/mol. The van der Waals surface area contributed by atoms with Crippen molar-refractivity contribution in [2.75, 3.05) is 0 Å². The van der Waals surface area contributed by atoms with Crippen LogP contribution in [0.25, 0.3) is 0 Å². The lowest BCUT2D eigenvalue weighted by atomic mass is 10.2. The van der Waals surface area contributed by atoms with Crippen molar-refractivity contribution in [2.24, 2.45) is 5.16 Å². The van der Waals surface area contributed by atoms with E-state index in [-0.39, 0.29) is 5.82 Å². The van der Waals surface area contributed by atoms with Crippen LogP contribution in [0, 0.1) is 5.82 Å². The topological polar surface area (TPSA) is 21.6 Å². The second-order valence-corrected chi connectivity index (χ2v) is 4.60. The third-order valence-corrected chi connectivity index (χ3v) is 2.82. The molecule has 18 heavy (non-hydrogen) atoms. The highest BCUT2D eigenvalue weighted by Gasteiger charge is 1.93. The molecule has 0 spiro atoms. The Morgan fingerprint density at radius 3 is 2.39 bits per heavy atom. The lowest BCUT2D eigenvalue weighted by Gasteiger charge is -1.99. The van der Waals surface area contributed by atoms with E-state index in [0.29, 0.717) is 6.61 Å². The maximum atomic E-state index is 12.6. The Morgan fingerprint density at radius 2 is 1.72 bits per heavy atom. The molecule has 0 heterocycles. The highest BCUT2D eigenvalue weighted by Crippen LogP contribution is 2.11. The number of benzene rings is 2. The zero-order valence-corrected chi connectivity index (χ0v) is 11.1. The van der Waals surface area contributed by atoms with E-state index in [9.17, 15) is 4.39 Å². The molecule has 0 N–H and O–H groups in total. The van der Waals surface area contributed by atoms with Gasteiger partial charge in [0.2, 0.25) is 0 Å². The molecule has 0 saturated heterocycles. The second-order valence-electron chi connectivity index (χ2n) is 3.69. The van der Waals surface area contributed by atoms with E-state index in [0.717, 1.165) is 15.6 Å². The summed E-state index contributed by atoms with van der Waals surface area (Å²) in [7, 11) is 0. The average Bonchev–Trinajstić information content (AvgIpc) is 2.39. The van der Waals surface area contributed by atoms with Gasteiger partial charge < -0.3 is 4.84 Å². The minimum absolute atomic E-state index is 0.261. The highest BCUT2D eigenvalue weighted by molar-refractivity contribution is 9.10. The molecule has 0 aliphatic rings. The van der Waals surface area contributed by atoms with Crippen molar-refractivity contribution in [3.63, 3.8) is 0 Å². The van der Waals surface area contributed by atoms with Gasteiger partial charge >= 0.3 is 0 Å². The fourth-order valence-electron chi connectivity index (χ4n) is 1.34. The lowest BCUT2D eigenvalue weighted by molar-refractivity contribution is 0.132. The Kier molecular flexibility index (Phi) is 4.47. The number of nitrogens with zero attached hydrogens (tertiary/aromatic N) is 1. The van der Waals surface area contributed by atoms with E-state index in [1.54, 1.807) is 18.3 Å². The fourth-order valence-corrected chi connectivity index (χ4v) is 1.60. The molecule has 0 atom stereocenters. The summed E-state index contributed by atoms with van der Waals surface area (Å²) in [6.07, 6.45) is 1.55. The van der Waals surface area contributed by atoms with Crippen molar-refractivity contribution in [1.29, 1.82) is 0 Å². The van der Waals surface area contributed by atoms with Gasteiger partial charge in [0.15, 0.2) is 0 Å². The Bertz CT molecular complexity index is 522. The van der Waals surface area contributed by atoms with E-state index in [1.807, 2.05) is 24.3 Å². The first kappa shape index (κ1) is 12.8. The summed E-state index contributed by atoms with van der Waals surface area (Å²) in [4.78, 5) is 5.15. The molecule has 0 aliphatic heterocycles. The number of rotatable bonds is 4. The van der Waals surface area contributed by atoms with E-state index in [1.165, 1.54) is 12.1 Å². The first-order chi connectivity index (χ1) is 8.74. The zero-order valence-electron chi connectivity index (χ0n) is 9.51. The minimum atomic E-state index is -0.261. The van der Waals surface area contributed by atoms with Crippen molar-refractivity contribution in [1.82, 2.24) is 0 Å². The molecular weight excluding hydrogens is 297 g/mol. The lowest BCUT2D eigenvalue weighted by Crippen LogP contribution is -1.88. The predicted molar refractivity (Wildman–Crippen MR) is 72.9 cm³/mol. The van der Waals surface area contributed by atoms with Crippen molar-refractivity contribution in [3.05, 3.63) is 69.9 Å². The van der Waals surface area contributed by atoms with E-state index >= 15 is 0 Å². The van der Waals surface area contributed by atoms with Crippen molar-refractivity contribution in [3.8, 4) is 0 Å². The molecule has 0 amide bonds. The first-order valence-electron chi connectivity index (χ1n) is 5.39. The van der Waals surface area contributed by atoms with Gasteiger partial charge in [-0.3, -0.25) is 0 Å². The zero-order chi connectivity index (χ0) is 12.8. The van der Waals surface area contributed by atoms with Crippen LogP contribution in [0.1, 0.15) is 11.1 Å². The van der Waals surface area contributed by atoms with Crippen LogP contribution >= 0.6 is 15.9 Å². The van der Waals surface area contributed by atoms with Crippen LogP contribution in [0.4, 0.5) is 4.39 Å². The maximum Gasteiger partial charge on any atom is 0.142 e. The van der Waals surface area contributed by atoms with E-state index in [4.69, 9.17) is 4.84 Å². The van der Waals surface area contributed by atoms with Crippen LogP contribution in [-0.2, 0) is 11.4 Å². The summed E-state index contributed by atoms with van der Waals surface area (Å²) in [5, 5.41) is 3.83. The molecule has 0 fully saturated rings. The van der Waals surface area contributed by atoms with Gasteiger partial charge in [-0.05, 0) is 35.4 Å². The SMILES string of the molecule is Fc1ccc(C=NOCc2ccc(Br)cc2)cc1. The van der Waals surface area contributed by atoms with Gasteiger partial charge in [0.05, 0.1) is 6.21 Å². The third-order valence-electron chi connectivity index (χ3n) is 2.29. The number of hydrogen-bond acceptors (Lipinski definition) is 2. The average molecular weight is 308 g/mol. The van der Waals surface area contributed by atoms with Gasteiger partial charge in [-0.25, -0.2) is 4.39 Å². The van der Waals surface area contributed by atoms with Gasteiger partial charge in [-0.1, -0.05) is 45.4 Å². The van der Waals surface area contributed by atoms with Gasteiger partial charge in [-0.15, -0.1) is 0 Å². The molecule has 0 aromatic heterocycles. The maximum absolute atomic E-state index is 12.6. The molecule has 2 rings (SSSR count). The summed E-state index contributed by atoms with van der Waals surface area (Å²) in [6.45, 7) is 0.408. The minimum Gasteiger partial charge on any atom is -0.391 e. The van der Waals surface area contributed by atoms with Crippen molar-refractivity contribution in [2.45, 2.75) is 6.61 Å². The number of oxime groups is 1. The van der Waals surface area contributed by atoms with Gasteiger partial charge in [0.25, 0.3) is 0 Å². The molecule has 2 aromatic carbocycles. The van der Waals surface area contributed by atoms with Crippen LogP contribution in [0.5, 0.6) is 0 Å². The van der Waals surface area contributed by atoms with Crippen LogP contribution in [-0.4, -0.2) is 6.21 Å². The molecule has 4 heteroatoms. The fraction of sp³-hybridized carbons (Fsp3) is 0.0714. The quantitative estimate of drug-likeness (QED) is 0.614. The van der Waals surface area contributed by atoms with Crippen LogP contribution in [0.3, 0.4) is 0 Å². The van der Waals surface area contributed by atoms with Crippen molar-refractivity contribution >= 4 is 22.1 Å². The molecule has 2 aromatic rings. The normalized spacial score (nSPS) is 10.8. The van der Waals surface area contributed by atoms with Gasteiger partial charge in [0, 0.05) is 4.47 Å². The van der Waals surface area contributed by atoms with Gasteiger partial charge in [0.1, 0.15) is 12.4 Å². The first-order valence-corrected chi connectivity index (χ1v) is 6.19. The summed E-state index contributed by atoms with van der Waals surface area (Å²) in [5.74, 6) is -0.261. The number of hydrogen-bond donors (Lipinski definition) is 0. The Morgan fingerprint density at radius 1 is 1.06 bits per heavy atom. The Hall–Kier alpha value is -1.68. The predicted octanol–water partition coefficient (Wildman–Crippen LogP) is 4.14. The molecule has 0 saturated carbocycles. The molecule has 0 aliphatic carbocycles. The van der Waals surface area contributed by atoms with Crippen LogP contribution in [0.2, 0.25) is 0 Å². The number of halogens is 2. The summed E-state index contributed by atoms with van der Waals surface area (Å²) in [5.41, 5.74) is 1.83. The molecule has 92 valence electrons. The van der Waals surface area contributed by atoms with Crippen LogP contribution < -0.4 is 0 Å². The second kappa shape index (κ2) is 6.31. The standard InChI is InChI=1S/C14H11BrFNO/c15-13-5-1-12(2-6-13)10-18-17-9-11-3-7-14(16)8-4-11/h1-9H,10H2. The van der Waals surface area contributed by atoms with E-state index < -0.39 is 0 Å². The third kappa shape index (κ3) is 3.96. The Labute approximate surface area is 113 Å². The van der Waals surface area contributed by atoms with Gasteiger partial charge in [-0.2, -0.15) is 0 Å². The van der Waals surface area contributed by atoms with E-state index in [2.05, 4.69) is 21.1 Å². The molecule has 2 nitrogen and oxygen atoms in total. The molecule has 0 unspecified atom stereocenters. The highest BCUT2D eigenvalue weighted by atomic mass is 79.9. The summed E-state index contributed by atoms with van der Waals surface area (Å²) >= 11 is 3.36. The largest absolute Gasteiger partial charge is 0.391 e. The van der Waals surface area contributed by atoms with Crippen molar-refractivity contribution < 1.29 is 9.23 Å². The molecule has 0 bridgehead atoms. The smallest absolute Gasteiger partial charge is 0.142 e. The molecule has 0 radical (unpaired) electrons. The Balaban J connectivity index is 1.84.